The molecule has 3 rings (SSSR count). The number of alkyl halides is 2. The zero-order chi connectivity index (χ0) is 18.7. The van der Waals surface area contributed by atoms with Gasteiger partial charge >= 0.3 is 6.11 Å². The molecule has 2 N–H and O–H groups in total. The number of hydrogen-bond donors (Lipinski definition) is 1. The molecule has 0 atom stereocenters. The summed E-state index contributed by atoms with van der Waals surface area (Å²) in [6, 6.07) is 16.6. The Labute approximate surface area is 148 Å². The van der Waals surface area contributed by atoms with E-state index in [0.29, 0.717) is 11.1 Å². The molecule has 0 radical (unpaired) electrons. The average molecular weight is 359 g/mol. The summed E-state index contributed by atoms with van der Waals surface area (Å²) in [5, 5.41) is 0. The van der Waals surface area contributed by atoms with Crippen LogP contribution in [0.4, 0.5) is 18.9 Å². The van der Waals surface area contributed by atoms with Crippen molar-refractivity contribution in [3.8, 4) is 22.6 Å². The minimum atomic E-state index is -3.75. The Balaban J connectivity index is 1.99. The second-order valence-electron chi connectivity index (χ2n) is 5.57. The molecule has 6 heteroatoms. The van der Waals surface area contributed by atoms with Crippen LogP contribution in [0.3, 0.4) is 0 Å². The van der Waals surface area contributed by atoms with Gasteiger partial charge in [-0.1, -0.05) is 36.4 Å². The van der Waals surface area contributed by atoms with Gasteiger partial charge in [0.15, 0.2) is 11.5 Å². The van der Waals surface area contributed by atoms with Gasteiger partial charge in [-0.25, -0.2) is 0 Å². The number of hydrogen-bond acceptors (Lipinski definition) is 3. The van der Waals surface area contributed by atoms with Crippen LogP contribution in [0.15, 0.2) is 66.7 Å². The molecule has 0 aliphatic carbocycles. The van der Waals surface area contributed by atoms with Crippen molar-refractivity contribution in [1.82, 2.24) is 0 Å². The molecular formula is C20H16F3NO2. The number of benzene rings is 3. The number of methoxy groups -OCH3 is 1. The van der Waals surface area contributed by atoms with Gasteiger partial charge in [0.25, 0.3) is 0 Å². The van der Waals surface area contributed by atoms with Crippen LogP contribution in [0.2, 0.25) is 0 Å². The molecule has 0 saturated carbocycles. The normalized spacial score (nSPS) is 11.2. The fourth-order valence-corrected chi connectivity index (χ4v) is 2.58. The largest absolute Gasteiger partial charge is 0.493 e. The zero-order valence-electron chi connectivity index (χ0n) is 13.9. The molecule has 0 saturated heterocycles. The van der Waals surface area contributed by atoms with Gasteiger partial charge in [-0.3, -0.25) is 0 Å². The van der Waals surface area contributed by atoms with Crippen molar-refractivity contribution in [2.45, 2.75) is 6.11 Å². The molecule has 3 nitrogen and oxygen atoms in total. The van der Waals surface area contributed by atoms with Gasteiger partial charge in [0.05, 0.1) is 12.7 Å². The highest BCUT2D eigenvalue weighted by Gasteiger charge is 2.36. The van der Waals surface area contributed by atoms with Crippen molar-refractivity contribution in [2.75, 3.05) is 12.8 Å². The van der Waals surface area contributed by atoms with Crippen molar-refractivity contribution in [1.29, 1.82) is 0 Å². The lowest BCUT2D eigenvalue weighted by molar-refractivity contribution is -0.186. The number of anilines is 1. The number of ether oxygens (including phenoxy) is 2. The average Bonchev–Trinajstić information content (AvgIpc) is 2.64. The topological polar surface area (TPSA) is 44.5 Å². The quantitative estimate of drug-likeness (QED) is 0.636. The molecule has 0 heterocycles. The van der Waals surface area contributed by atoms with Crippen LogP contribution in [0.1, 0.15) is 5.56 Å². The molecule has 134 valence electrons. The van der Waals surface area contributed by atoms with Gasteiger partial charge in [-0.05, 0) is 35.9 Å². The summed E-state index contributed by atoms with van der Waals surface area (Å²) in [6.07, 6.45) is -3.75. The second-order valence-corrected chi connectivity index (χ2v) is 5.57. The van der Waals surface area contributed by atoms with E-state index in [4.69, 9.17) is 10.5 Å². The number of halogens is 3. The van der Waals surface area contributed by atoms with Crippen molar-refractivity contribution in [2.24, 2.45) is 0 Å². The van der Waals surface area contributed by atoms with Crippen LogP contribution in [-0.4, -0.2) is 7.11 Å². The maximum absolute atomic E-state index is 14.7. The molecule has 0 aromatic heterocycles. The summed E-state index contributed by atoms with van der Waals surface area (Å²) in [5.74, 6) is -1.79. The maximum Gasteiger partial charge on any atom is 0.426 e. The maximum atomic E-state index is 14.7. The third kappa shape index (κ3) is 3.44. The smallest absolute Gasteiger partial charge is 0.426 e. The van der Waals surface area contributed by atoms with Gasteiger partial charge in [0.1, 0.15) is 0 Å². The summed E-state index contributed by atoms with van der Waals surface area (Å²) < 4.78 is 53.2. The molecular weight excluding hydrogens is 343 g/mol. The first kappa shape index (κ1) is 17.7. The predicted molar refractivity (Wildman–Crippen MR) is 93.8 cm³/mol. The monoisotopic (exact) mass is 359 g/mol. The van der Waals surface area contributed by atoms with Crippen LogP contribution in [0.5, 0.6) is 11.5 Å². The number of nitrogens with two attached hydrogens (primary N) is 1. The van der Waals surface area contributed by atoms with Crippen molar-refractivity contribution in [3.63, 3.8) is 0 Å². The third-order valence-corrected chi connectivity index (χ3v) is 3.81. The summed E-state index contributed by atoms with van der Waals surface area (Å²) >= 11 is 0. The minimum Gasteiger partial charge on any atom is -0.493 e. The van der Waals surface area contributed by atoms with E-state index in [-0.39, 0.29) is 11.4 Å². The molecule has 0 aliphatic heterocycles. The highest BCUT2D eigenvalue weighted by Crippen LogP contribution is 2.40. The fraction of sp³-hybridized carbons (Fsp3) is 0.100. The molecule has 0 amide bonds. The highest BCUT2D eigenvalue weighted by molar-refractivity contribution is 5.72. The van der Waals surface area contributed by atoms with Crippen LogP contribution >= 0.6 is 0 Å². The van der Waals surface area contributed by atoms with Gasteiger partial charge in [-0.2, -0.15) is 13.2 Å². The SMILES string of the molecule is COc1c(-c2ccccc2)ccc(OC(F)(F)c2cccc(N)c2)c1F. The van der Waals surface area contributed by atoms with E-state index >= 15 is 0 Å². The first-order valence-corrected chi connectivity index (χ1v) is 7.77. The number of nitrogen functional groups attached to an aromatic ring is 1. The van der Waals surface area contributed by atoms with E-state index in [1.54, 1.807) is 24.3 Å². The first-order valence-electron chi connectivity index (χ1n) is 7.77. The third-order valence-electron chi connectivity index (χ3n) is 3.81. The standard InChI is InChI=1S/C20H16F3NO2/c1-25-19-16(13-6-3-2-4-7-13)10-11-17(18(19)21)26-20(22,23)14-8-5-9-15(24)12-14/h2-12H,24H2,1H3. The molecule has 3 aromatic rings. The van der Waals surface area contributed by atoms with Crippen molar-refractivity contribution < 1.29 is 22.6 Å². The van der Waals surface area contributed by atoms with Gasteiger partial charge in [0, 0.05) is 11.3 Å². The van der Waals surface area contributed by atoms with Crippen LogP contribution in [-0.2, 0) is 6.11 Å². The Kier molecular flexibility index (Phi) is 4.75. The summed E-state index contributed by atoms with van der Waals surface area (Å²) in [6.45, 7) is 0. The molecule has 0 fully saturated rings. The fourth-order valence-electron chi connectivity index (χ4n) is 2.58. The summed E-state index contributed by atoms with van der Waals surface area (Å²) in [7, 11) is 1.27. The Hall–Kier alpha value is -3.15. The van der Waals surface area contributed by atoms with E-state index in [1.165, 1.54) is 25.3 Å². The Morgan fingerprint density at radius 1 is 0.923 bits per heavy atom. The lowest BCUT2D eigenvalue weighted by atomic mass is 10.0. The van der Waals surface area contributed by atoms with Crippen LogP contribution in [0, 0.1) is 5.82 Å². The Morgan fingerprint density at radius 2 is 1.65 bits per heavy atom. The lowest BCUT2D eigenvalue weighted by Crippen LogP contribution is -2.22. The second kappa shape index (κ2) is 7.00. The van der Waals surface area contributed by atoms with E-state index < -0.39 is 23.2 Å². The van der Waals surface area contributed by atoms with E-state index in [9.17, 15) is 13.2 Å². The molecule has 0 bridgehead atoms. The molecule has 0 unspecified atom stereocenters. The lowest BCUT2D eigenvalue weighted by Gasteiger charge is -2.20. The number of rotatable bonds is 5. The first-order chi connectivity index (χ1) is 12.4. The Bertz CT molecular complexity index is 914. The molecule has 0 spiro atoms. The summed E-state index contributed by atoms with van der Waals surface area (Å²) in [4.78, 5) is 0. The van der Waals surface area contributed by atoms with Gasteiger partial charge in [-0.15, -0.1) is 0 Å². The summed E-state index contributed by atoms with van der Waals surface area (Å²) in [5.41, 5.74) is 6.34. The minimum absolute atomic E-state index is 0.156. The van der Waals surface area contributed by atoms with E-state index in [2.05, 4.69) is 4.74 Å². The van der Waals surface area contributed by atoms with E-state index in [0.717, 1.165) is 18.2 Å². The van der Waals surface area contributed by atoms with Crippen molar-refractivity contribution >= 4 is 5.69 Å². The Morgan fingerprint density at radius 3 is 2.31 bits per heavy atom. The van der Waals surface area contributed by atoms with Crippen LogP contribution < -0.4 is 15.2 Å². The van der Waals surface area contributed by atoms with Crippen molar-refractivity contribution in [3.05, 3.63) is 78.1 Å². The highest BCUT2D eigenvalue weighted by atomic mass is 19.3. The van der Waals surface area contributed by atoms with Gasteiger partial charge in [0.2, 0.25) is 5.82 Å². The van der Waals surface area contributed by atoms with Gasteiger partial charge < -0.3 is 15.2 Å². The zero-order valence-corrected chi connectivity index (χ0v) is 13.9. The molecule has 3 aromatic carbocycles. The molecule has 0 aliphatic rings. The van der Waals surface area contributed by atoms with Crippen LogP contribution in [0.25, 0.3) is 11.1 Å². The van der Waals surface area contributed by atoms with E-state index in [1.807, 2.05) is 6.07 Å². The molecule has 26 heavy (non-hydrogen) atoms. The predicted octanol–water partition coefficient (Wildman–Crippen LogP) is 5.21.